The van der Waals surface area contributed by atoms with E-state index in [-0.39, 0.29) is 30.3 Å². The number of pyridine rings is 1. The molecule has 0 aliphatic carbocycles. The summed E-state index contributed by atoms with van der Waals surface area (Å²) in [6.07, 6.45) is -0.808. The quantitative estimate of drug-likeness (QED) is 0.0597. The number of fused-ring (bicyclic) bond motifs is 1. The van der Waals surface area contributed by atoms with E-state index in [1.54, 1.807) is 25.1 Å². The van der Waals surface area contributed by atoms with Gasteiger partial charge < -0.3 is 41.1 Å². The lowest BCUT2D eigenvalue weighted by atomic mass is 10.1. The van der Waals surface area contributed by atoms with Gasteiger partial charge in [0.05, 0.1) is 53.5 Å². The second-order valence-electron chi connectivity index (χ2n) is 9.49. The lowest BCUT2D eigenvalue weighted by Crippen LogP contribution is -2.40. The Morgan fingerprint density at radius 3 is 2.72 bits per heavy atom. The fraction of sp³-hybridized carbons (Fsp3) is 0.300. The maximum Gasteiger partial charge on any atom is 0.248 e. The van der Waals surface area contributed by atoms with Crippen molar-refractivity contribution in [3.05, 3.63) is 77.1 Å². The first kappa shape index (κ1) is 36.1. The Kier molecular flexibility index (Phi) is 14.1. The topological polar surface area (TPSA) is 201 Å². The average Bonchev–Trinajstić information content (AvgIpc) is 3.05. The summed E-state index contributed by atoms with van der Waals surface area (Å²) in [4.78, 5) is 22.0. The van der Waals surface area contributed by atoms with E-state index in [1.165, 1.54) is 30.5 Å². The Morgan fingerprint density at radius 1 is 1.24 bits per heavy atom. The molecule has 0 fully saturated rings. The molecule has 246 valence electrons. The second kappa shape index (κ2) is 17.9. The number of carbonyl (C=O) groups is 1. The van der Waals surface area contributed by atoms with E-state index in [0.717, 1.165) is 0 Å². The van der Waals surface area contributed by atoms with Crippen molar-refractivity contribution in [2.75, 3.05) is 43.5 Å². The van der Waals surface area contributed by atoms with E-state index in [9.17, 15) is 34.2 Å². The molecule has 0 aliphatic heterocycles. The third kappa shape index (κ3) is 10.1. The SMILES string of the molecule is CCOc1cc2ncc(C#N)c(Nc3ccc(F)c(Cl)c3)c2cc1NC(=O)C=CCNCCONC=C(F)C(O)C(O)C(O)CO. The molecule has 3 rings (SSSR count). The number of halogens is 3. The molecule has 3 aromatic rings. The van der Waals surface area contributed by atoms with Crippen LogP contribution in [0.15, 0.2) is 60.7 Å². The number of rotatable bonds is 17. The number of aliphatic hydroxyl groups excluding tert-OH is 4. The van der Waals surface area contributed by atoms with Crippen molar-refractivity contribution in [1.29, 1.82) is 5.26 Å². The lowest BCUT2D eigenvalue weighted by Gasteiger charge is -2.20. The monoisotopic (exact) mass is 662 g/mol. The van der Waals surface area contributed by atoms with Crippen LogP contribution in [0.2, 0.25) is 5.02 Å². The van der Waals surface area contributed by atoms with Crippen molar-refractivity contribution in [2.45, 2.75) is 25.2 Å². The van der Waals surface area contributed by atoms with Crippen LogP contribution in [0, 0.1) is 17.1 Å². The average molecular weight is 663 g/mol. The van der Waals surface area contributed by atoms with Crippen molar-refractivity contribution in [3.8, 4) is 11.8 Å². The number of nitrogens with zero attached hydrogens (tertiary/aromatic N) is 2. The van der Waals surface area contributed by atoms with Crippen molar-refractivity contribution in [3.63, 3.8) is 0 Å². The number of hydrogen-bond acceptors (Lipinski definition) is 12. The van der Waals surface area contributed by atoms with E-state index in [4.69, 9.17) is 26.3 Å². The Morgan fingerprint density at radius 2 is 2.02 bits per heavy atom. The van der Waals surface area contributed by atoms with Gasteiger partial charge in [0, 0.05) is 42.5 Å². The highest BCUT2D eigenvalue weighted by Crippen LogP contribution is 2.36. The first-order valence-corrected chi connectivity index (χ1v) is 14.2. The number of ether oxygens (including phenoxy) is 1. The molecule has 1 amide bonds. The number of hydrogen-bond donors (Lipinski definition) is 8. The second-order valence-corrected chi connectivity index (χ2v) is 9.89. The van der Waals surface area contributed by atoms with Gasteiger partial charge in [-0.25, -0.2) is 8.78 Å². The molecule has 0 bridgehead atoms. The van der Waals surface area contributed by atoms with Crippen LogP contribution in [0.4, 0.5) is 25.8 Å². The summed E-state index contributed by atoms with van der Waals surface area (Å²) in [6, 6.07) is 9.35. The normalized spacial score (nSPS) is 13.7. The van der Waals surface area contributed by atoms with Gasteiger partial charge in [0.1, 0.15) is 41.8 Å². The summed E-state index contributed by atoms with van der Waals surface area (Å²) in [5.41, 5.74) is 3.94. The number of benzene rings is 2. The summed E-state index contributed by atoms with van der Waals surface area (Å²) in [6.45, 7) is 1.83. The van der Waals surface area contributed by atoms with Gasteiger partial charge in [-0.05, 0) is 31.2 Å². The lowest BCUT2D eigenvalue weighted by molar-refractivity contribution is -0.111. The number of nitrogens with one attached hydrogen (secondary N) is 4. The van der Waals surface area contributed by atoms with Gasteiger partial charge in [0.2, 0.25) is 5.91 Å². The molecule has 2 aromatic carbocycles. The number of amides is 1. The minimum Gasteiger partial charge on any atom is -0.492 e. The van der Waals surface area contributed by atoms with Crippen molar-refractivity contribution in [1.82, 2.24) is 15.8 Å². The van der Waals surface area contributed by atoms with Crippen LogP contribution in [-0.4, -0.2) is 82.5 Å². The minimum absolute atomic E-state index is 0.0513. The molecule has 16 heteroatoms. The third-order valence-corrected chi connectivity index (χ3v) is 6.51. The van der Waals surface area contributed by atoms with Crippen molar-refractivity contribution >= 4 is 45.5 Å². The summed E-state index contributed by atoms with van der Waals surface area (Å²) in [7, 11) is 0. The molecule has 3 atom stereocenters. The highest BCUT2D eigenvalue weighted by atomic mass is 35.5. The van der Waals surface area contributed by atoms with Crippen LogP contribution >= 0.6 is 11.6 Å². The number of aromatic nitrogens is 1. The standard InChI is InChI=1S/C30H33ClF2N6O7/c1-2-45-26-12-23-19(28(17(13-34)14-36-23)38-18-5-6-21(32)20(31)10-18)11-24(26)39-27(42)4-3-7-35-8-9-46-37-15-22(33)29(43)30(44)25(41)16-40/h3-6,10-12,14-15,25,29-30,35,37,40-41,43-44H,2,7-9,16H2,1H3,(H,36,38)(H,39,42). The third-order valence-electron chi connectivity index (χ3n) is 6.22. The maximum absolute atomic E-state index is 13.8. The summed E-state index contributed by atoms with van der Waals surface area (Å²) >= 11 is 5.92. The van der Waals surface area contributed by atoms with E-state index in [0.29, 0.717) is 46.5 Å². The van der Waals surface area contributed by atoms with Crippen LogP contribution in [-0.2, 0) is 9.63 Å². The number of hydroxylamine groups is 1. The highest BCUT2D eigenvalue weighted by Gasteiger charge is 2.27. The predicted octanol–water partition coefficient (Wildman–Crippen LogP) is 2.53. The molecule has 1 heterocycles. The largest absolute Gasteiger partial charge is 0.492 e. The molecule has 8 N–H and O–H groups in total. The van der Waals surface area contributed by atoms with E-state index in [2.05, 4.69) is 32.5 Å². The Bertz CT molecular complexity index is 1600. The molecule has 0 radical (unpaired) electrons. The Hall–Kier alpha value is -4.40. The van der Waals surface area contributed by atoms with E-state index < -0.39 is 42.5 Å². The number of nitriles is 1. The maximum atomic E-state index is 13.8. The number of aliphatic hydroxyl groups is 4. The van der Waals surface area contributed by atoms with Gasteiger partial charge in [-0.15, -0.1) is 0 Å². The molecule has 0 saturated heterocycles. The van der Waals surface area contributed by atoms with Gasteiger partial charge in [-0.3, -0.25) is 20.1 Å². The van der Waals surface area contributed by atoms with Crippen LogP contribution < -0.4 is 26.2 Å². The molecule has 1 aromatic heterocycles. The van der Waals surface area contributed by atoms with Crippen LogP contribution in [0.1, 0.15) is 12.5 Å². The van der Waals surface area contributed by atoms with E-state index in [1.807, 2.05) is 0 Å². The predicted molar refractivity (Wildman–Crippen MR) is 166 cm³/mol. The summed E-state index contributed by atoms with van der Waals surface area (Å²) < 4.78 is 33.2. The molecule has 0 spiro atoms. The first-order valence-electron chi connectivity index (χ1n) is 13.9. The molecule has 46 heavy (non-hydrogen) atoms. The van der Waals surface area contributed by atoms with Crippen molar-refractivity contribution in [2.24, 2.45) is 0 Å². The Labute approximate surface area is 267 Å². The zero-order chi connectivity index (χ0) is 33.6. The molecular formula is C30H33ClF2N6O7. The minimum atomic E-state index is -2.06. The molecule has 13 nitrogen and oxygen atoms in total. The van der Waals surface area contributed by atoms with Gasteiger partial charge in [0.15, 0.2) is 0 Å². The van der Waals surface area contributed by atoms with Crippen molar-refractivity contribution < 1.29 is 43.6 Å². The Balaban J connectivity index is 1.60. The molecular weight excluding hydrogens is 630 g/mol. The molecule has 0 saturated carbocycles. The fourth-order valence-corrected chi connectivity index (χ4v) is 4.08. The zero-order valence-corrected chi connectivity index (χ0v) is 25.3. The number of anilines is 3. The number of carbonyl (C=O) groups excluding carboxylic acids is 1. The fourth-order valence-electron chi connectivity index (χ4n) is 3.90. The zero-order valence-electron chi connectivity index (χ0n) is 24.5. The smallest absolute Gasteiger partial charge is 0.248 e. The summed E-state index contributed by atoms with van der Waals surface area (Å²) in [5.74, 6) is -1.93. The first-order chi connectivity index (χ1) is 22.1. The van der Waals surface area contributed by atoms with Gasteiger partial charge in [0.25, 0.3) is 0 Å². The summed E-state index contributed by atoms with van der Waals surface area (Å²) in [5, 5.41) is 55.9. The van der Waals surface area contributed by atoms with Gasteiger partial charge in [-0.1, -0.05) is 17.7 Å². The van der Waals surface area contributed by atoms with Gasteiger partial charge >= 0.3 is 0 Å². The highest BCUT2D eigenvalue weighted by molar-refractivity contribution is 6.31. The molecule has 3 unspecified atom stereocenters. The van der Waals surface area contributed by atoms with Gasteiger partial charge in [-0.2, -0.15) is 5.26 Å². The van der Waals surface area contributed by atoms with Crippen LogP contribution in [0.3, 0.4) is 0 Å². The van der Waals surface area contributed by atoms with Crippen LogP contribution in [0.25, 0.3) is 10.9 Å². The van der Waals surface area contributed by atoms with Crippen LogP contribution in [0.5, 0.6) is 5.75 Å². The molecule has 0 aliphatic rings. The van der Waals surface area contributed by atoms with E-state index >= 15 is 0 Å².